The fourth-order valence-corrected chi connectivity index (χ4v) is 2.05. The molecule has 2 aromatic rings. The van der Waals surface area contributed by atoms with E-state index in [9.17, 15) is 0 Å². The van der Waals surface area contributed by atoms with E-state index in [0.717, 1.165) is 16.5 Å². The zero-order chi connectivity index (χ0) is 12.3. The molecule has 0 saturated carbocycles. The summed E-state index contributed by atoms with van der Waals surface area (Å²) in [5, 5.41) is 19.9. The van der Waals surface area contributed by atoms with Crippen LogP contribution in [0.2, 0.25) is 0 Å². The van der Waals surface area contributed by atoms with E-state index < -0.39 is 0 Å². The largest absolute Gasteiger partial charge is 0.390 e. The Morgan fingerprint density at radius 3 is 2.65 bits per heavy atom. The fraction of sp³-hybridized carbons (Fsp3) is 0.364. The molecule has 0 aromatic carbocycles. The molecule has 0 aliphatic rings. The van der Waals surface area contributed by atoms with Gasteiger partial charge >= 0.3 is 0 Å². The SMILES string of the molecule is Cc1nc(CN(C)c2ccc(CO)nn2)cs1. The van der Waals surface area contributed by atoms with Gasteiger partial charge in [-0.1, -0.05) is 0 Å². The van der Waals surface area contributed by atoms with Crippen LogP contribution in [0, 0.1) is 6.92 Å². The van der Waals surface area contributed by atoms with Crippen molar-refractivity contribution in [1.29, 1.82) is 0 Å². The van der Waals surface area contributed by atoms with E-state index >= 15 is 0 Å². The Labute approximate surface area is 104 Å². The molecule has 0 bridgehead atoms. The van der Waals surface area contributed by atoms with Crippen LogP contribution in [0.15, 0.2) is 17.5 Å². The third-order valence-electron chi connectivity index (χ3n) is 2.32. The van der Waals surface area contributed by atoms with Crippen LogP contribution < -0.4 is 4.90 Å². The molecule has 1 N–H and O–H groups in total. The van der Waals surface area contributed by atoms with Crippen LogP contribution in [-0.2, 0) is 13.2 Å². The quantitative estimate of drug-likeness (QED) is 0.888. The van der Waals surface area contributed by atoms with Gasteiger partial charge in [-0.05, 0) is 19.1 Å². The van der Waals surface area contributed by atoms with Crippen LogP contribution in [0.3, 0.4) is 0 Å². The van der Waals surface area contributed by atoms with Crippen molar-refractivity contribution in [1.82, 2.24) is 15.2 Å². The first-order valence-electron chi connectivity index (χ1n) is 5.24. The standard InChI is InChI=1S/C11H14N4OS/c1-8-12-10(7-17-8)5-15(2)11-4-3-9(6-16)13-14-11/h3-4,7,16H,5-6H2,1-2H3. The lowest BCUT2D eigenvalue weighted by atomic mass is 10.3. The molecule has 2 aromatic heterocycles. The molecule has 5 nitrogen and oxygen atoms in total. The van der Waals surface area contributed by atoms with Crippen LogP contribution in [0.1, 0.15) is 16.4 Å². The van der Waals surface area contributed by atoms with Gasteiger partial charge in [0, 0.05) is 12.4 Å². The maximum atomic E-state index is 8.88. The number of aryl methyl sites for hydroxylation is 1. The van der Waals surface area contributed by atoms with Gasteiger partial charge < -0.3 is 10.0 Å². The topological polar surface area (TPSA) is 62.1 Å². The Balaban J connectivity index is 2.06. The van der Waals surface area contributed by atoms with Crippen LogP contribution >= 0.6 is 11.3 Å². The molecule has 0 spiro atoms. The summed E-state index contributed by atoms with van der Waals surface area (Å²) < 4.78 is 0. The number of rotatable bonds is 4. The summed E-state index contributed by atoms with van der Waals surface area (Å²) in [5.74, 6) is 0.771. The number of thiazole rings is 1. The summed E-state index contributed by atoms with van der Waals surface area (Å²) in [6.45, 7) is 2.61. The average molecular weight is 250 g/mol. The van der Waals surface area contributed by atoms with Gasteiger partial charge in [0.25, 0.3) is 0 Å². The highest BCUT2D eigenvalue weighted by Crippen LogP contribution is 2.14. The summed E-state index contributed by atoms with van der Waals surface area (Å²) in [7, 11) is 1.94. The van der Waals surface area contributed by atoms with E-state index in [4.69, 9.17) is 5.11 Å². The highest BCUT2D eigenvalue weighted by atomic mass is 32.1. The zero-order valence-corrected chi connectivity index (χ0v) is 10.6. The average Bonchev–Trinajstić information content (AvgIpc) is 2.75. The molecule has 0 aliphatic carbocycles. The third kappa shape index (κ3) is 2.98. The molecular formula is C11H14N4OS. The lowest BCUT2D eigenvalue weighted by Crippen LogP contribution is -2.18. The smallest absolute Gasteiger partial charge is 0.151 e. The molecule has 0 aliphatic heterocycles. The molecule has 90 valence electrons. The highest BCUT2D eigenvalue weighted by molar-refractivity contribution is 7.09. The maximum absolute atomic E-state index is 8.88. The Kier molecular flexibility index (Phi) is 3.65. The van der Waals surface area contributed by atoms with Crippen LogP contribution in [0.5, 0.6) is 0 Å². The van der Waals surface area contributed by atoms with E-state index in [1.165, 1.54) is 0 Å². The van der Waals surface area contributed by atoms with Gasteiger partial charge in [-0.3, -0.25) is 0 Å². The first kappa shape index (κ1) is 11.9. The van der Waals surface area contributed by atoms with Crippen LogP contribution in [0.25, 0.3) is 0 Å². The fourth-order valence-electron chi connectivity index (χ4n) is 1.45. The molecule has 17 heavy (non-hydrogen) atoms. The minimum absolute atomic E-state index is 0.0811. The molecular weight excluding hydrogens is 236 g/mol. The molecule has 0 unspecified atom stereocenters. The van der Waals surface area contributed by atoms with Crippen LogP contribution in [-0.4, -0.2) is 27.3 Å². The summed E-state index contributed by atoms with van der Waals surface area (Å²) in [4.78, 5) is 6.37. The monoisotopic (exact) mass is 250 g/mol. The minimum atomic E-state index is -0.0811. The van der Waals surface area contributed by atoms with Gasteiger partial charge in [-0.15, -0.1) is 16.4 Å². The Morgan fingerprint density at radius 2 is 2.12 bits per heavy atom. The molecule has 0 amide bonds. The van der Waals surface area contributed by atoms with E-state index in [-0.39, 0.29) is 6.61 Å². The van der Waals surface area contributed by atoms with E-state index in [1.807, 2.05) is 30.3 Å². The molecule has 0 atom stereocenters. The van der Waals surface area contributed by atoms with Gasteiger partial charge in [0.05, 0.1) is 29.5 Å². The van der Waals surface area contributed by atoms with Crippen LogP contribution in [0.4, 0.5) is 5.82 Å². The van der Waals surface area contributed by atoms with Gasteiger partial charge in [0.1, 0.15) is 0 Å². The van der Waals surface area contributed by atoms with Gasteiger partial charge in [-0.25, -0.2) is 4.98 Å². The second kappa shape index (κ2) is 5.20. The van der Waals surface area contributed by atoms with E-state index in [2.05, 4.69) is 15.2 Å². The lowest BCUT2D eigenvalue weighted by Gasteiger charge is -2.15. The molecule has 2 heterocycles. The second-order valence-corrected chi connectivity index (χ2v) is 4.82. The summed E-state index contributed by atoms with van der Waals surface area (Å²) >= 11 is 1.64. The zero-order valence-electron chi connectivity index (χ0n) is 9.79. The van der Waals surface area contributed by atoms with Crippen molar-refractivity contribution < 1.29 is 5.11 Å². The summed E-state index contributed by atoms with van der Waals surface area (Å²) in [6.07, 6.45) is 0. The number of aliphatic hydroxyl groups is 1. The summed E-state index contributed by atoms with van der Waals surface area (Å²) in [6, 6.07) is 3.61. The Hall–Kier alpha value is -1.53. The molecule has 6 heteroatoms. The maximum Gasteiger partial charge on any atom is 0.151 e. The number of hydrogen-bond donors (Lipinski definition) is 1. The first-order chi connectivity index (χ1) is 8.19. The van der Waals surface area contributed by atoms with Crippen molar-refractivity contribution >= 4 is 17.2 Å². The lowest BCUT2D eigenvalue weighted by molar-refractivity contribution is 0.275. The van der Waals surface area contributed by atoms with Crippen molar-refractivity contribution in [3.05, 3.63) is 33.9 Å². The second-order valence-electron chi connectivity index (χ2n) is 3.75. The Morgan fingerprint density at radius 1 is 1.29 bits per heavy atom. The van der Waals surface area contributed by atoms with Crippen molar-refractivity contribution in [3.63, 3.8) is 0 Å². The predicted molar refractivity (Wildman–Crippen MR) is 66.9 cm³/mol. The first-order valence-corrected chi connectivity index (χ1v) is 6.12. The normalized spacial score (nSPS) is 10.5. The van der Waals surface area contributed by atoms with Crippen molar-refractivity contribution in [2.24, 2.45) is 0 Å². The molecule has 0 saturated heterocycles. The minimum Gasteiger partial charge on any atom is -0.390 e. The summed E-state index contributed by atoms with van der Waals surface area (Å²) in [5.41, 5.74) is 1.61. The number of anilines is 1. The van der Waals surface area contributed by atoms with Crippen molar-refractivity contribution in [2.45, 2.75) is 20.1 Å². The number of aromatic nitrogens is 3. The number of nitrogens with zero attached hydrogens (tertiary/aromatic N) is 4. The predicted octanol–water partition coefficient (Wildman–Crippen LogP) is 1.37. The van der Waals surface area contributed by atoms with Crippen molar-refractivity contribution in [3.8, 4) is 0 Å². The highest BCUT2D eigenvalue weighted by Gasteiger charge is 2.06. The Bertz CT molecular complexity index is 482. The van der Waals surface area contributed by atoms with Crippen molar-refractivity contribution in [2.75, 3.05) is 11.9 Å². The van der Waals surface area contributed by atoms with Gasteiger partial charge in [0.2, 0.25) is 0 Å². The van der Waals surface area contributed by atoms with E-state index in [1.54, 1.807) is 17.4 Å². The number of aliphatic hydroxyl groups excluding tert-OH is 1. The van der Waals surface area contributed by atoms with E-state index in [0.29, 0.717) is 12.2 Å². The molecule has 0 radical (unpaired) electrons. The third-order valence-corrected chi connectivity index (χ3v) is 3.15. The van der Waals surface area contributed by atoms with Gasteiger partial charge in [-0.2, -0.15) is 5.10 Å². The molecule has 2 rings (SSSR count). The molecule has 0 fully saturated rings. The number of hydrogen-bond acceptors (Lipinski definition) is 6. The van der Waals surface area contributed by atoms with Gasteiger partial charge in [0.15, 0.2) is 5.82 Å².